The van der Waals surface area contributed by atoms with E-state index < -0.39 is 17.7 Å². The third-order valence-electron chi connectivity index (χ3n) is 2.22. The first-order chi connectivity index (χ1) is 8.91. The van der Waals surface area contributed by atoms with Crippen molar-refractivity contribution < 1.29 is 18.0 Å². The number of benzene rings is 1. The number of nitriles is 1. The number of rotatable bonds is 2. The minimum atomic E-state index is -4.99. The van der Waals surface area contributed by atoms with Crippen LogP contribution in [-0.4, -0.2) is 27.0 Å². The van der Waals surface area contributed by atoms with Gasteiger partial charge in [0.2, 0.25) is 0 Å². The van der Waals surface area contributed by atoms with Crippen LogP contribution in [0.15, 0.2) is 30.5 Å². The van der Waals surface area contributed by atoms with Crippen molar-refractivity contribution in [2.24, 2.45) is 0 Å². The second-order valence-electron chi connectivity index (χ2n) is 3.54. The van der Waals surface area contributed by atoms with Crippen LogP contribution in [0.2, 0.25) is 0 Å². The quantitative estimate of drug-likeness (QED) is 0.778. The number of hydrogen-bond donors (Lipinski definition) is 0. The van der Waals surface area contributed by atoms with E-state index >= 15 is 0 Å². The summed E-state index contributed by atoms with van der Waals surface area (Å²) in [6.45, 7) is 0. The number of halogens is 3. The molecule has 5 nitrogen and oxygen atoms in total. The van der Waals surface area contributed by atoms with Crippen LogP contribution in [0.5, 0.6) is 0 Å². The lowest BCUT2D eigenvalue weighted by atomic mass is 10.2. The Morgan fingerprint density at radius 2 is 2.11 bits per heavy atom. The number of hydrogen-bond acceptors (Lipinski definition) is 4. The van der Waals surface area contributed by atoms with Gasteiger partial charge in [-0.2, -0.15) is 18.4 Å². The minimum absolute atomic E-state index is 0.316. The third kappa shape index (κ3) is 2.60. The molecule has 0 radical (unpaired) electrons. The predicted octanol–water partition coefficient (Wildman–Crippen LogP) is 1.88. The zero-order valence-corrected chi connectivity index (χ0v) is 9.22. The number of carbonyl (C=O) groups excluding carboxylic acids is 1. The van der Waals surface area contributed by atoms with E-state index in [-0.39, 0.29) is 0 Å². The Balaban J connectivity index is 2.36. The fraction of sp³-hybridized carbons (Fsp3) is 0.0909. The van der Waals surface area contributed by atoms with Gasteiger partial charge in [0.05, 0.1) is 23.5 Å². The number of aromatic nitrogens is 3. The Kier molecular flexibility index (Phi) is 3.04. The molecule has 0 saturated carbocycles. The van der Waals surface area contributed by atoms with E-state index in [4.69, 9.17) is 5.26 Å². The molecule has 8 heteroatoms. The van der Waals surface area contributed by atoms with Gasteiger partial charge in [-0.3, -0.25) is 4.79 Å². The maximum absolute atomic E-state index is 12.2. The normalized spacial score (nSPS) is 11.1. The van der Waals surface area contributed by atoms with Gasteiger partial charge in [0.15, 0.2) is 5.69 Å². The Bertz CT molecular complexity index is 669. The Morgan fingerprint density at radius 3 is 2.74 bits per heavy atom. The Morgan fingerprint density at radius 1 is 1.37 bits per heavy atom. The fourth-order valence-corrected chi connectivity index (χ4v) is 1.36. The lowest BCUT2D eigenvalue weighted by Gasteiger charge is -2.01. The Labute approximate surface area is 104 Å². The van der Waals surface area contributed by atoms with Crippen molar-refractivity contribution in [2.75, 3.05) is 0 Å². The summed E-state index contributed by atoms with van der Waals surface area (Å²) in [5, 5.41) is 15.3. The maximum Gasteiger partial charge on any atom is 0.456 e. The molecule has 0 amide bonds. The molecule has 1 aromatic carbocycles. The molecule has 2 rings (SSSR count). The molecule has 0 unspecified atom stereocenters. The van der Waals surface area contributed by atoms with E-state index in [9.17, 15) is 18.0 Å². The summed E-state index contributed by atoms with van der Waals surface area (Å²) in [6, 6.07) is 7.89. The van der Waals surface area contributed by atoms with Gasteiger partial charge < -0.3 is 0 Å². The second-order valence-corrected chi connectivity index (χ2v) is 3.54. The van der Waals surface area contributed by atoms with Gasteiger partial charge in [0, 0.05) is 0 Å². The summed E-state index contributed by atoms with van der Waals surface area (Å²) >= 11 is 0. The number of carbonyl (C=O) groups is 1. The van der Waals surface area contributed by atoms with Crippen LogP contribution in [0.4, 0.5) is 13.2 Å². The highest BCUT2D eigenvalue weighted by molar-refractivity contribution is 5.98. The molecule has 0 N–H and O–H groups in total. The van der Waals surface area contributed by atoms with Gasteiger partial charge in [-0.05, 0) is 18.2 Å². The summed E-state index contributed by atoms with van der Waals surface area (Å²) in [7, 11) is 0. The van der Waals surface area contributed by atoms with E-state index in [0.29, 0.717) is 11.3 Å². The highest BCUT2D eigenvalue weighted by atomic mass is 19.4. The molecular formula is C11H5F3N4O. The third-order valence-corrected chi connectivity index (χ3v) is 2.22. The molecule has 0 saturated heterocycles. The van der Waals surface area contributed by atoms with Crippen LogP contribution >= 0.6 is 0 Å². The number of alkyl halides is 3. The maximum atomic E-state index is 12.2. The second kappa shape index (κ2) is 4.53. The number of ketones is 1. The van der Waals surface area contributed by atoms with E-state index in [1.54, 1.807) is 6.07 Å². The van der Waals surface area contributed by atoms with Gasteiger partial charge in [0.25, 0.3) is 5.78 Å². The Hall–Kier alpha value is -2.69. The van der Waals surface area contributed by atoms with E-state index in [1.807, 2.05) is 6.07 Å². The van der Waals surface area contributed by atoms with Crippen molar-refractivity contribution in [1.29, 1.82) is 5.26 Å². The molecule has 0 aliphatic heterocycles. The first-order valence-corrected chi connectivity index (χ1v) is 4.96. The van der Waals surface area contributed by atoms with E-state index in [0.717, 1.165) is 10.9 Å². The average molecular weight is 266 g/mol. The molecule has 0 atom stereocenters. The summed E-state index contributed by atoms with van der Waals surface area (Å²) < 4.78 is 37.6. The van der Waals surface area contributed by atoms with Crippen LogP contribution in [-0.2, 0) is 0 Å². The van der Waals surface area contributed by atoms with Crippen molar-refractivity contribution in [3.05, 3.63) is 41.7 Å². The minimum Gasteiger partial charge on any atom is -0.282 e. The lowest BCUT2D eigenvalue weighted by molar-refractivity contribution is -0.0888. The average Bonchev–Trinajstić information content (AvgIpc) is 2.86. The highest BCUT2D eigenvalue weighted by Gasteiger charge is 2.41. The van der Waals surface area contributed by atoms with Crippen molar-refractivity contribution >= 4 is 5.78 Å². The van der Waals surface area contributed by atoms with E-state index in [2.05, 4.69) is 10.3 Å². The molecule has 0 aliphatic carbocycles. The van der Waals surface area contributed by atoms with Gasteiger partial charge in [0.1, 0.15) is 0 Å². The van der Waals surface area contributed by atoms with Crippen molar-refractivity contribution in [1.82, 2.24) is 15.0 Å². The zero-order chi connectivity index (χ0) is 14.0. The van der Waals surface area contributed by atoms with Crippen LogP contribution in [0.3, 0.4) is 0 Å². The van der Waals surface area contributed by atoms with Crippen molar-refractivity contribution in [3.8, 4) is 11.8 Å². The molecule has 0 spiro atoms. The first kappa shape index (κ1) is 12.8. The summed E-state index contributed by atoms with van der Waals surface area (Å²) in [6.07, 6.45) is -4.12. The molecule has 0 bridgehead atoms. The molecule has 1 aromatic heterocycles. The SMILES string of the molecule is N#Cc1cccc(-n2cc(C(=O)C(F)(F)F)nn2)c1. The molecule has 96 valence electrons. The molecular weight excluding hydrogens is 261 g/mol. The largest absolute Gasteiger partial charge is 0.456 e. The van der Waals surface area contributed by atoms with Gasteiger partial charge >= 0.3 is 6.18 Å². The molecule has 0 aliphatic rings. The van der Waals surface area contributed by atoms with Crippen LogP contribution in [0, 0.1) is 11.3 Å². The smallest absolute Gasteiger partial charge is 0.282 e. The topological polar surface area (TPSA) is 71.6 Å². The summed E-state index contributed by atoms with van der Waals surface area (Å²) in [4.78, 5) is 10.9. The monoisotopic (exact) mass is 266 g/mol. The van der Waals surface area contributed by atoms with Gasteiger partial charge in [-0.1, -0.05) is 11.3 Å². The molecule has 0 fully saturated rings. The van der Waals surface area contributed by atoms with Crippen LogP contribution in [0.25, 0.3) is 5.69 Å². The summed E-state index contributed by atoms with van der Waals surface area (Å²) in [5.74, 6) is -2.06. The zero-order valence-electron chi connectivity index (χ0n) is 9.22. The van der Waals surface area contributed by atoms with E-state index in [1.165, 1.54) is 18.2 Å². The van der Waals surface area contributed by atoms with Crippen molar-refractivity contribution in [3.63, 3.8) is 0 Å². The first-order valence-electron chi connectivity index (χ1n) is 4.96. The van der Waals surface area contributed by atoms with Crippen molar-refractivity contribution in [2.45, 2.75) is 6.18 Å². The van der Waals surface area contributed by atoms with Crippen LogP contribution < -0.4 is 0 Å². The standard InChI is InChI=1S/C11H5F3N4O/c12-11(13,14)10(19)9-6-18(17-16-9)8-3-1-2-7(4-8)5-15/h1-4,6H. The fourth-order valence-electron chi connectivity index (χ4n) is 1.36. The number of nitrogens with zero attached hydrogens (tertiary/aromatic N) is 4. The molecule has 19 heavy (non-hydrogen) atoms. The highest BCUT2D eigenvalue weighted by Crippen LogP contribution is 2.20. The predicted molar refractivity (Wildman–Crippen MR) is 56.5 cm³/mol. The molecule has 1 heterocycles. The number of Topliss-reactive ketones (excluding diaryl/α,β-unsaturated/α-hetero) is 1. The lowest BCUT2D eigenvalue weighted by Crippen LogP contribution is -2.23. The van der Waals surface area contributed by atoms with Gasteiger partial charge in [-0.25, -0.2) is 4.68 Å². The molecule has 2 aromatic rings. The van der Waals surface area contributed by atoms with Crippen LogP contribution in [0.1, 0.15) is 16.1 Å². The summed E-state index contributed by atoms with van der Waals surface area (Å²) in [5.41, 5.74) is -0.140. The van der Waals surface area contributed by atoms with Gasteiger partial charge in [-0.15, -0.1) is 5.10 Å².